The van der Waals surface area contributed by atoms with E-state index in [4.69, 9.17) is 16.3 Å². The van der Waals surface area contributed by atoms with Crippen molar-refractivity contribution in [3.8, 4) is 0 Å². The Morgan fingerprint density at radius 2 is 2.10 bits per heavy atom. The molecule has 1 unspecified atom stereocenters. The summed E-state index contributed by atoms with van der Waals surface area (Å²) >= 11 is 5.81. The van der Waals surface area contributed by atoms with Gasteiger partial charge in [-0.05, 0) is 31.5 Å². The number of morpholine rings is 1. The van der Waals surface area contributed by atoms with Gasteiger partial charge in [-0.1, -0.05) is 23.7 Å². The van der Waals surface area contributed by atoms with Crippen molar-refractivity contribution in [3.05, 3.63) is 34.9 Å². The molecule has 0 aliphatic carbocycles. The number of aliphatic hydroxyl groups is 1. The quantitative estimate of drug-likeness (QED) is 0.932. The van der Waals surface area contributed by atoms with Crippen LogP contribution in [-0.4, -0.2) is 41.2 Å². The van der Waals surface area contributed by atoms with Crippen LogP contribution in [-0.2, 0) is 9.53 Å². The largest absolute Gasteiger partial charge is 0.388 e. The molecule has 1 atom stereocenters. The fraction of sp³-hybridized carbons (Fsp3) is 0.533. The fourth-order valence-electron chi connectivity index (χ4n) is 2.40. The van der Waals surface area contributed by atoms with Crippen LogP contribution < -0.4 is 0 Å². The molecule has 110 valence electrons. The lowest BCUT2D eigenvalue weighted by molar-refractivity contribution is -0.148. The lowest BCUT2D eigenvalue weighted by Gasteiger charge is -2.42. The maximum absolute atomic E-state index is 12.3. The Kier molecular flexibility index (Phi) is 4.68. The Balaban J connectivity index is 2.01. The number of benzene rings is 1. The van der Waals surface area contributed by atoms with Gasteiger partial charge in [-0.2, -0.15) is 0 Å². The van der Waals surface area contributed by atoms with Crippen LogP contribution in [0.5, 0.6) is 0 Å². The van der Waals surface area contributed by atoms with E-state index in [0.717, 1.165) is 0 Å². The summed E-state index contributed by atoms with van der Waals surface area (Å²) in [5, 5.41) is 10.8. The van der Waals surface area contributed by atoms with E-state index in [-0.39, 0.29) is 17.9 Å². The number of aliphatic hydroxyl groups excluding tert-OH is 1. The third-order valence-electron chi connectivity index (χ3n) is 3.57. The van der Waals surface area contributed by atoms with Crippen LogP contribution in [0.4, 0.5) is 0 Å². The predicted molar refractivity (Wildman–Crippen MR) is 77.6 cm³/mol. The summed E-state index contributed by atoms with van der Waals surface area (Å²) in [7, 11) is 0. The molecule has 5 heteroatoms. The van der Waals surface area contributed by atoms with Gasteiger partial charge in [0.25, 0.3) is 0 Å². The van der Waals surface area contributed by atoms with Gasteiger partial charge in [-0.15, -0.1) is 0 Å². The molecule has 1 aromatic carbocycles. The van der Waals surface area contributed by atoms with E-state index in [2.05, 4.69) is 0 Å². The number of amides is 1. The van der Waals surface area contributed by atoms with Gasteiger partial charge >= 0.3 is 0 Å². The molecule has 1 heterocycles. The van der Waals surface area contributed by atoms with E-state index in [9.17, 15) is 9.90 Å². The van der Waals surface area contributed by atoms with Crippen LogP contribution in [0.2, 0.25) is 5.02 Å². The van der Waals surface area contributed by atoms with E-state index in [0.29, 0.717) is 30.3 Å². The summed E-state index contributed by atoms with van der Waals surface area (Å²) in [6, 6.07) is 6.90. The number of nitrogens with zero attached hydrogens (tertiary/aromatic N) is 1. The number of carbonyl (C=O) groups is 1. The molecule has 1 fully saturated rings. The molecule has 0 radical (unpaired) electrons. The average Bonchev–Trinajstić information content (AvgIpc) is 2.38. The monoisotopic (exact) mass is 297 g/mol. The van der Waals surface area contributed by atoms with E-state index < -0.39 is 6.10 Å². The number of carbonyl (C=O) groups excluding carboxylic acids is 1. The van der Waals surface area contributed by atoms with Gasteiger partial charge in [0.15, 0.2) is 0 Å². The van der Waals surface area contributed by atoms with E-state index in [1.807, 2.05) is 13.8 Å². The summed E-state index contributed by atoms with van der Waals surface area (Å²) in [5.74, 6) is -0.0549. The van der Waals surface area contributed by atoms with Gasteiger partial charge < -0.3 is 14.7 Å². The van der Waals surface area contributed by atoms with Crippen LogP contribution in [0.3, 0.4) is 0 Å². The first-order valence-electron chi connectivity index (χ1n) is 6.72. The Morgan fingerprint density at radius 1 is 1.45 bits per heavy atom. The first-order valence-corrected chi connectivity index (χ1v) is 7.10. The van der Waals surface area contributed by atoms with Crippen LogP contribution >= 0.6 is 11.6 Å². The lowest BCUT2D eigenvalue weighted by atomic mass is 10.00. The van der Waals surface area contributed by atoms with Crippen molar-refractivity contribution in [2.75, 3.05) is 19.8 Å². The topological polar surface area (TPSA) is 49.8 Å². The van der Waals surface area contributed by atoms with Gasteiger partial charge in [0.05, 0.1) is 31.3 Å². The molecule has 0 spiro atoms. The molecule has 1 saturated heterocycles. The Bertz CT molecular complexity index is 473. The van der Waals surface area contributed by atoms with E-state index in [1.54, 1.807) is 29.2 Å². The van der Waals surface area contributed by atoms with Crippen molar-refractivity contribution in [3.63, 3.8) is 0 Å². The second kappa shape index (κ2) is 6.12. The third kappa shape index (κ3) is 3.51. The maximum atomic E-state index is 12.3. The molecule has 0 aromatic heterocycles. The van der Waals surface area contributed by atoms with E-state index in [1.165, 1.54) is 0 Å². The van der Waals surface area contributed by atoms with Crippen molar-refractivity contribution in [2.45, 2.75) is 31.9 Å². The molecule has 0 saturated carbocycles. The zero-order valence-corrected chi connectivity index (χ0v) is 12.6. The van der Waals surface area contributed by atoms with Crippen molar-refractivity contribution in [1.29, 1.82) is 0 Å². The van der Waals surface area contributed by atoms with Gasteiger partial charge in [0, 0.05) is 11.6 Å². The number of rotatable bonds is 3. The molecule has 1 amide bonds. The van der Waals surface area contributed by atoms with Gasteiger partial charge in [0.1, 0.15) is 0 Å². The van der Waals surface area contributed by atoms with Gasteiger partial charge in [-0.3, -0.25) is 4.79 Å². The van der Waals surface area contributed by atoms with Gasteiger partial charge in [-0.25, -0.2) is 0 Å². The fourth-order valence-corrected chi connectivity index (χ4v) is 2.52. The SMILES string of the molecule is CC1(C)COCCN1C(=O)CC(O)c1ccc(Cl)cc1. The van der Waals surface area contributed by atoms with Crippen LogP contribution in [0.1, 0.15) is 31.9 Å². The minimum absolute atomic E-state index is 0.0549. The molecule has 1 aliphatic heterocycles. The Hall–Kier alpha value is -1.10. The van der Waals surface area contributed by atoms with Crippen LogP contribution in [0, 0.1) is 0 Å². The number of hydrogen-bond donors (Lipinski definition) is 1. The zero-order valence-electron chi connectivity index (χ0n) is 11.8. The second-order valence-electron chi connectivity index (χ2n) is 5.68. The molecule has 0 bridgehead atoms. The molecular formula is C15H20ClNO3. The van der Waals surface area contributed by atoms with Crippen LogP contribution in [0.15, 0.2) is 24.3 Å². The molecule has 20 heavy (non-hydrogen) atoms. The minimum Gasteiger partial charge on any atom is -0.388 e. The van der Waals surface area contributed by atoms with E-state index >= 15 is 0 Å². The smallest absolute Gasteiger partial charge is 0.226 e. The standard InChI is InChI=1S/C15H20ClNO3/c1-15(2)10-20-8-7-17(15)14(19)9-13(18)11-3-5-12(16)6-4-11/h3-6,13,18H,7-10H2,1-2H3. The average molecular weight is 298 g/mol. The highest BCUT2D eigenvalue weighted by molar-refractivity contribution is 6.30. The highest BCUT2D eigenvalue weighted by atomic mass is 35.5. The summed E-state index contributed by atoms with van der Waals surface area (Å²) < 4.78 is 5.40. The lowest BCUT2D eigenvalue weighted by Crippen LogP contribution is -2.55. The predicted octanol–water partition coefficient (Wildman–Crippen LogP) is 2.40. The third-order valence-corrected chi connectivity index (χ3v) is 3.82. The molecular weight excluding hydrogens is 278 g/mol. The Morgan fingerprint density at radius 3 is 2.70 bits per heavy atom. The van der Waals surface area contributed by atoms with Crippen molar-refractivity contribution < 1.29 is 14.6 Å². The molecule has 1 N–H and O–H groups in total. The Labute approximate surface area is 124 Å². The van der Waals surface area contributed by atoms with Crippen LogP contribution in [0.25, 0.3) is 0 Å². The maximum Gasteiger partial charge on any atom is 0.226 e. The number of ether oxygens (including phenoxy) is 1. The highest BCUT2D eigenvalue weighted by Gasteiger charge is 2.34. The second-order valence-corrected chi connectivity index (χ2v) is 6.12. The minimum atomic E-state index is -0.807. The molecule has 2 rings (SSSR count). The number of hydrogen-bond acceptors (Lipinski definition) is 3. The summed E-state index contributed by atoms with van der Waals surface area (Å²) in [6.45, 7) is 5.58. The molecule has 4 nitrogen and oxygen atoms in total. The summed E-state index contributed by atoms with van der Waals surface area (Å²) in [4.78, 5) is 14.1. The van der Waals surface area contributed by atoms with Crippen molar-refractivity contribution in [2.24, 2.45) is 0 Å². The normalized spacial score (nSPS) is 19.7. The first-order chi connectivity index (χ1) is 9.40. The zero-order chi connectivity index (χ0) is 14.8. The summed E-state index contributed by atoms with van der Waals surface area (Å²) in [6.07, 6.45) is -0.733. The number of halogens is 1. The van der Waals surface area contributed by atoms with Gasteiger partial charge in [0.2, 0.25) is 5.91 Å². The van der Waals surface area contributed by atoms with Crippen molar-refractivity contribution in [1.82, 2.24) is 4.90 Å². The molecule has 1 aliphatic rings. The first kappa shape index (κ1) is 15.3. The molecule has 1 aromatic rings. The van der Waals surface area contributed by atoms with Crippen molar-refractivity contribution >= 4 is 17.5 Å². The summed E-state index contributed by atoms with van der Waals surface area (Å²) in [5.41, 5.74) is 0.378. The highest BCUT2D eigenvalue weighted by Crippen LogP contribution is 2.24.